The van der Waals surface area contributed by atoms with Gasteiger partial charge in [-0.3, -0.25) is 0 Å². The molecule has 0 saturated carbocycles. The molecule has 0 heterocycles. The average Bonchev–Trinajstić information content (AvgIpc) is 2.20. The van der Waals surface area contributed by atoms with Gasteiger partial charge in [-0.25, -0.2) is 8.78 Å². The molecule has 84 valence electrons. The number of rotatable bonds is 3. The molecule has 0 fully saturated rings. The van der Waals surface area contributed by atoms with Gasteiger partial charge in [0, 0.05) is 10.3 Å². The molecular formula is C11H14F2OS. The fourth-order valence-electron chi connectivity index (χ4n) is 1.29. The molecule has 0 bridgehead atoms. The molecule has 0 radical (unpaired) electrons. The number of aliphatic hydroxyl groups excluding tert-OH is 1. The van der Waals surface area contributed by atoms with Crippen LogP contribution in [0.1, 0.15) is 19.4 Å². The molecule has 0 aromatic heterocycles. The lowest BCUT2D eigenvalue weighted by Crippen LogP contribution is -2.24. The normalized spacial score (nSPS) is 11.9. The minimum Gasteiger partial charge on any atom is -0.395 e. The monoisotopic (exact) mass is 232 g/mol. The fourth-order valence-corrected chi connectivity index (χ4v) is 1.81. The highest BCUT2D eigenvalue weighted by atomic mass is 32.2. The molecule has 0 atom stereocenters. The van der Waals surface area contributed by atoms with Crippen molar-refractivity contribution < 1.29 is 13.9 Å². The predicted molar refractivity (Wildman–Crippen MR) is 58.3 cm³/mol. The summed E-state index contributed by atoms with van der Waals surface area (Å²) in [7, 11) is 0. The molecule has 1 aromatic rings. The Labute approximate surface area is 92.5 Å². The minimum atomic E-state index is -0.767. The van der Waals surface area contributed by atoms with Crippen LogP contribution in [0.5, 0.6) is 0 Å². The van der Waals surface area contributed by atoms with Crippen molar-refractivity contribution in [3.05, 3.63) is 29.3 Å². The van der Waals surface area contributed by atoms with Gasteiger partial charge in [-0.2, -0.15) is 0 Å². The van der Waals surface area contributed by atoms with Gasteiger partial charge in [0.05, 0.1) is 6.61 Å². The zero-order valence-corrected chi connectivity index (χ0v) is 9.79. The zero-order valence-electron chi connectivity index (χ0n) is 8.97. The maximum absolute atomic E-state index is 13.8. The maximum atomic E-state index is 13.8. The zero-order chi connectivity index (χ0) is 11.6. The van der Waals surface area contributed by atoms with E-state index in [1.165, 1.54) is 0 Å². The van der Waals surface area contributed by atoms with Gasteiger partial charge in [-0.05, 0) is 24.0 Å². The second kappa shape index (κ2) is 4.49. The van der Waals surface area contributed by atoms with Crippen molar-refractivity contribution in [2.45, 2.75) is 24.2 Å². The van der Waals surface area contributed by atoms with Crippen LogP contribution in [0.3, 0.4) is 0 Å². The summed E-state index contributed by atoms with van der Waals surface area (Å²) in [6.07, 6.45) is 1.69. The molecule has 0 spiro atoms. The molecule has 0 unspecified atom stereocenters. The second-order valence-electron chi connectivity index (χ2n) is 4.01. The first-order valence-electron chi connectivity index (χ1n) is 4.56. The van der Waals surface area contributed by atoms with E-state index in [2.05, 4.69) is 0 Å². The van der Waals surface area contributed by atoms with Crippen molar-refractivity contribution in [1.82, 2.24) is 0 Å². The number of hydrogen-bond donors (Lipinski definition) is 1. The molecule has 15 heavy (non-hydrogen) atoms. The number of thioether (sulfide) groups is 1. The smallest absolute Gasteiger partial charge is 0.140 e. The summed E-state index contributed by atoms with van der Waals surface area (Å²) in [5.41, 5.74) is -0.550. The molecule has 0 aliphatic rings. The van der Waals surface area contributed by atoms with E-state index in [1.807, 2.05) is 0 Å². The van der Waals surface area contributed by atoms with E-state index in [0.717, 1.165) is 23.9 Å². The van der Waals surface area contributed by atoms with E-state index in [4.69, 9.17) is 5.11 Å². The highest BCUT2D eigenvalue weighted by Gasteiger charge is 2.25. The Morgan fingerprint density at radius 2 is 1.93 bits per heavy atom. The lowest BCUT2D eigenvalue weighted by molar-refractivity contribution is 0.214. The van der Waals surface area contributed by atoms with Crippen molar-refractivity contribution >= 4 is 11.8 Å². The number of halogens is 2. The van der Waals surface area contributed by atoms with Crippen LogP contribution in [0.25, 0.3) is 0 Å². The van der Waals surface area contributed by atoms with Crippen LogP contribution in [0, 0.1) is 11.6 Å². The van der Waals surface area contributed by atoms with E-state index < -0.39 is 17.0 Å². The maximum Gasteiger partial charge on any atom is 0.140 e. The molecule has 1 nitrogen and oxygen atoms in total. The highest BCUT2D eigenvalue weighted by Crippen LogP contribution is 2.31. The SMILES string of the molecule is CSc1cc(F)cc(C(C)(C)CO)c1F. The summed E-state index contributed by atoms with van der Waals surface area (Å²) in [5, 5.41) is 9.13. The van der Waals surface area contributed by atoms with Gasteiger partial charge in [-0.1, -0.05) is 13.8 Å². The van der Waals surface area contributed by atoms with Crippen molar-refractivity contribution in [2.24, 2.45) is 0 Å². The standard InChI is InChI=1S/C11H14F2OS/c1-11(2,6-14)8-4-7(12)5-9(15-3)10(8)13/h4-5,14H,6H2,1-3H3. The molecule has 4 heteroatoms. The quantitative estimate of drug-likeness (QED) is 0.808. The number of hydrogen-bond acceptors (Lipinski definition) is 2. The third-order valence-electron chi connectivity index (χ3n) is 2.35. The van der Waals surface area contributed by atoms with Crippen molar-refractivity contribution in [3.8, 4) is 0 Å². The predicted octanol–water partition coefficient (Wildman–Crippen LogP) is 2.96. The minimum absolute atomic E-state index is 0.217. The summed E-state index contributed by atoms with van der Waals surface area (Å²) in [6, 6.07) is 2.31. The first-order chi connectivity index (χ1) is 6.92. The van der Waals surface area contributed by atoms with Crippen LogP contribution in [-0.2, 0) is 5.41 Å². The summed E-state index contributed by atoms with van der Waals surface area (Å²) in [6.45, 7) is 3.13. The van der Waals surface area contributed by atoms with E-state index in [1.54, 1.807) is 20.1 Å². The van der Waals surface area contributed by atoms with Gasteiger partial charge in [0.25, 0.3) is 0 Å². The molecule has 1 rings (SSSR count). The summed E-state index contributed by atoms with van der Waals surface area (Å²) in [4.78, 5) is 0.270. The third-order valence-corrected chi connectivity index (χ3v) is 3.09. The van der Waals surface area contributed by atoms with Crippen LogP contribution in [0.15, 0.2) is 17.0 Å². The molecule has 0 aliphatic carbocycles. The van der Waals surface area contributed by atoms with Gasteiger partial charge in [0.2, 0.25) is 0 Å². The first-order valence-corrected chi connectivity index (χ1v) is 5.79. The number of benzene rings is 1. The first kappa shape index (κ1) is 12.5. The second-order valence-corrected chi connectivity index (χ2v) is 4.86. The Hall–Kier alpha value is -0.610. The van der Waals surface area contributed by atoms with Gasteiger partial charge in [0.15, 0.2) is 0 Å². The number of aliphatic hydroxyl groups is 1. The third kappa shape index (κ3) is 2.49. The Kier molecular flexibility index (Phi) is 3.73. The van der Waals surface area contributed by atoms with Crippen LogP contribution < -0.4 is 0 Å². The molecule has 0 amide bonds. The molecule has 1 aromatic carbocycles. The summed E-state index contributed by atoms with van der Waals surface area (Å²) >= 11 is 1.15. The Balaban J connectivity index is 3.35. The Morgan fingerprint density at radius 1 is 1.33 bits per heavy atom. The Bertz CT molecular complexity index is 364. The van der Waals surface area contributed by atoms with Gasteiger partial charge >= 0.3 is 0 Å². The highest BCUT2D eigenvalue weighted by molar-refractivity contribution is 7.98. The lowest BCUT2D eigenvalue weighted by Gasteiger charge is -2.23. The Morgan fingerprint density at radius 3 is 2.40 bits per heavy atom. The van der Waals surface area contributed by atoms with Crippen LogP contribution in [-0.4, -0.2) is 18.0 Å². The lowest BCUT2D eigenvalue weighted by atomic mass is 9.85. The van der Waals surface area contributed by atoms with Gasteiger partial charge in [-0.15, -0.1) is 11.8 Å². The van der Waals surface area contributed by atoms with Gasteiger partial charge < -0.3 is 5.11 Å². The van der Waals surface area contributed by atoms with Crippen LogP contribution in [0.2, 0.25) is 0 Å². The van der Waals surface area contributed by atoms with Crippen molar-refractivity contribution in [2.75, 3.05) is 12.9 Å². The molecule has 1 N–H and O–H groups in total. The van der Waals surface area contributed by atoms with E-state index in [-0.39, 0.29) is 17.1 Å². The van der Waals surface area contributed by atoms with Gasteiger partial charge in [0.1, 0.15) is 11.6 Å². The van der Waals surface area contributed by atoms with Crippen molar-refractivity contribution in [3.63, 3.8) is 0 Å². The van der Waals surface area contributed by atoms with E-state index >= 15 is 0 Å². The summed E-state index contributed by atoms with van der Waals surface area (Å²) < 4.78 is 27.0. The molecule has 0 saturated heterocycles. The van der Waals surface area contributed by atoms with E-state index in [0.29, 0.717) is 0 Å². The summed E-state index contributed by atoms with van der Waals surface area (Å²) in [5.74, 6) is -0.916. The van der Waals surface area contributed by atoms with E-state index in [9.17, 15) is 8.78 Å². The topological polar surface area (TPSA) is 20.2 Å². The molecular weight excluding hydrogens is 218 g/mol. The van der Waals surface area contributed by atoms with Crippen LogP contribution >= 0.6 is 11.8 Å². The average molecular weight is 232 g/mol. The largest absolute Gasteiger partial charge is 0.395 e. The van der Waals surface area contributed by atoms with Crippen molar-refractivity contribution in [1.29, 1.82) is 0 Å². The molecule has 0 aliphatic heterocycles. The fraction of sp³-hybridized carbons (Fsp3) is 0.455. The van der Waals surface area contributed by atoms with Crippen LogP contribution in [0.4, 0.5) is 8.78 Å².